The standard InChI is InChI=1S/C11H24N2OS/c1-3-7-10(12)11(14)13-8-5-4-6-9-15-2/h10H,3-9,12H2,1-2H3,(H,13,14). The van der Waals surface area contributed by atoms with Gasteiger partial charge >= 0.3 is 0 Å². The lowest BCUT2D eigenvalue weighted by Crippen LogP contribution is -2.40. The molecule has 0 saturated carbocycles. The van der Waals surface area contributed by atoms with Gasteiger partial charge in [-0.15, -0.1) is 0 Å². The lowest BCUT2D eigenvalue weighted by atomic mass is 10.1. The van der Waals surface area contributed by atoms with E-state index in [1.54, 1.807) is 0 Å². The number of amides is 1. The van der Waals surface area contributed by atoms with Crippen molar-refractivity contribution in [1.29, 1.82) is 0 Å². The van der Waals surface area contributed by atoms with E-state index in [0.29, 0.717) is 0 Å². The lowest BCUT2D eigenvalue weighted by molar-refractivity contribution is -0.122. The quantitative estimate of drug-likeness (QED) is 0.596. The van der Waals surface area contributed by atoms with Crippen LogP contribution in [0.5, 0.6) is 0 Å². The molecule has 15 heavy (non-hydrogen) atoms. The Morgan fingerprint density at radius 1 is 1.40 bits per heavy atom. The Hall–Kier alpha value is -0.220. The lowest BCUT2D eigenvalue weighted by Gasteiger charge is -2.10. The molecule has 0 bridgehead atoms. The van der Waals surface area contributed by atoms with Gasteiger partial charge in [-0.3, -0.25) is 4.79 Å². The van der Waals surface area contributed by atoms with E-state index in [4.69, 9.17) is 5.73 Å². The number of hydrogen-bond donors (Lipinski definition) is 2. The van der Waals surface area contributed by atoms with E-state index in [0.717, 1.165) is 25.8 Å². The maximum Gasteiger partial charge on any atom is 0.236 e. The topological polar surface area (TPSA) is 55.1 Å². The molecule has 0 rings (SSSR count). The zero-order chi connectivity index (χ0) is 11.5. The second-order valence-electron chi connectivity index (χ2n) is 3.74. The molecule has 1 unspecified atom stereocenters. The van der Waals surface area contributed by atoms with Crippen molar-refractivity contribution in [2.24, 2.45) is 5.73 Å². The summed E-state index contributed by atoms with van der Waals surface area (Å²) in [6.07, 6.45) is 7.33. The summed E-state index contributed by atoms with van der Waals surface area (Å²) in [5.74, 6) is 1.21. The van der Waals surface area contributed by atoms with E-state index in [2.05, 4.69) is 11.6 Å². The normalized spacial score (nSPS) is 12.5. The number of unbranched alkanes of at least 4 members (excludes halogenated alkanes) is 2. The van der Waals surface area contributed by atoms with Gasteiger partial charge in [-0.25, -0.2) is 0 Å². The van der Waals surface area contributed by atoms with Crippen molar-refractivity contribution in [1.82, 2.24) is 5.32 Å². The number of rotatable bonds is 9. The van der Waals surface area contributed by atoms with Crippen LogP contribution in [0.15, 0.2) is 0 Å². The predicted octanol–water partition coefficient (Wildman–Crippen LogP) is 1.76. The second kappa shape index (κ2) is 10.3. The van der Waals surface area contributed by atoms with Gasteiger partial charge in [-0.1, -0.05) is 19.8 Å². The molecule has 0 aliphatic rings. The summed E-state index contributed by atoms with van der Waals surface area (Å²) in [5.41, 5.74) is 5.67. The number of thioether (sulfide) groups is 1. The van der Waals surface area contributed by atoms with E-state index >= 15 is 0 Å². The molecule has 0 aromatic rings. The fraction of sp³-hybridized carbons (Fsp3) is 0.909. The summed E-state index contributed by atoms with van der Waals surface area (Å²) >= 11 is 1.87. The molecule has 1 atom stereocenters. The summed E-state index contributed by atoms with van der Waals surface area (Å²) in [6.45, 7) is 2.81. The molecule has 0 aliphatic heterocycles. The largest absolute Gasteiger partial charge is 0.355 e. The van der Waals surface area contributed by atoms with Crippen LogP contribution in [0.2, 0.25) is 0 Å². The van der Waals surface area contributed by atoms with Crippen molar-refractivity contribution in [2.45, 2.75) is 45.1 Å². The van der Waals surface area contributed by atoms with Crippen LogP contribution in [-0.2, 0) is 4.79 Å². The fourth-order valence-electron chi connectivity index (χ4n) is 1.33. The van der Waals surface area contributed by atoms with Crippen LogP contribution < -0.4 is 11.1 Å². The molecule has 0 aliphatic carbocycles. The summed E-state index contributed by atoms with van der Waals surface area (Å²) in [4.78, 5) is 11.4. The molecule has 0 saturated heterocycles. The molecule has 0 fully saturated rings. The van der Waals surface area contributed by atoms with Crippen LogP contribution in [0.1, 0.15) is 39.0 Å². The number of carbonyl (C=O) groups is 1. The van der Waals surface area contributed by atoms with Crippen molar-refractivity contribution >= 4 is 17.7 Å². The van der Waals surface area contributed by atoms with Gasteiger partial charge in [0.15, 0.2) is 0 Å². The van der Waals surface area contributed by atoms with Crippen LogP contribution in [-0.4, -0.2) is 30.5 Å². The molecule has 0 aromatic heterocycles. The first-order valence-corrected chi connectivity index (χ1v) is 7.14. The van der Waals surface area contributed by atoms with Crippen molar-refractivity contribution < 1.29 is 4.79 Å². The number of hydrogen-bond acceptors (Lipinski definition) is 3. The smallest absolute Gasteiger partial charge is 0.236 e. The van der Waals surface area contributed by atoms with E-state index in [1.807, 2.05) is 18.7 Å². The van der Waals surface area contributed by atoms with E-state index < -0.39 is 0 Å². The maximum atomic E-state index is 11.4. The third kappa shape index (κ3) is 8.75. The Morgan fingerprint density at radius 2 is 2.13 bits per heavy atom. The number of nitrogens with one attached hydrogen (secondary N) is 1. The van der Waals surface area contributed by atoms with Crippen LogP contribution in [0.3, 0.4) is 0 Å². The molecule has 90 valence electrons. The SMILES string of the molecule is CCCC(N)C(=O)NCCCCCSC. The maximum absolute atomic E-state index is 11.4. The predicted molar refractivity (Wildman–Crippen MR) is 68.1 cm³/mol. The molecule has 3 N–H and O–H groups in total. The second-order valence-corrected chi connectivity index (χ2v) is 4.73. The monoisotopic (exact) mass is 232 g/mol. The highest BCUT2D eigenvalue weighted by molar-refractivity contribution is 7.98. The van der Waals surface area contributed by atoms with Crippen molar-refractivity contribution in [3.63, 3.8) is 0 Å². The summed E-state index contributed by atoms with van der Waals surface area (Å²) in [7, 11) is 0. The van der Waals surface area contributed by atoms with Gasteiger partial charge in [0.25, 0.3) is 0 Å². The third-order valence-electron chi connectivity index (χ3n) is 2.26. The van der Waals surface area contributed by atoms with Gasteiger partial charge in [0.05, 0.1) is 6.04 Å². The molecule has 3 nitrogen and oxygen atoms in total. The zero-order valence-electron chi connectivity index (χ0n) is 9.92. The Balaban J connectivity index is 3.30. The number of carbonyl (C=O) groups excluding carboxylic acids is 1. The minimum absolute atomic E-state index is 0.00159. The molecular weight excluding hydrogens is 208 g/mol. The first kappa shape index (κ1) is 14.8. The van der Waals surface area contributed by atoms with Gasteiger partial charge < -0.3 is 11.1 Å². The summed E-state index contributed by atoms with van der Waals surface area (Å²) in [6, 6.07) is -0.318. The third-order valence-corrected chi connectivity index (χ3v) is 2.96. The van der Waals surface area contributed by atoms with Gasteiger partial charge in [-0.05, 0) is 31.3 Å². The Labute approximate surface area is 97.6 Å². The highest BCUT2D eigenvalue weighted by Crippen LogP contribution is 2.01. The van der Waals surface area contributed by atoms with Gasteiger partial charge in [0, 0.05) is 6.54 Å². The number of nitrogens with two attached hydrogens (primary N) is 1. The van der Waals surface area contributed by atoms with Crippen molar-refractivity contribution in [3.8, 4) is 0 Å². The molecule has 0 spiro atoms. The van der Waals surface area contributed by atoms with Gasteiger partial charge in [0.1, 0.15) is 0 Å². The zero-order valence-corrected chi connectivity index (χ0v) is 10.7. The molecule has 0 heterocycles. The summed E-state index contributed by atoms with van der Waals surface area (Å²) < 4.78 is 0. The molecule has 4 heteroatoms. The van der Waals surface area contributed by atoms with Crippen LogP contribution in [0.4, 0.5) is 0 Å². The van der Waals surface area contributed by atoms with Crippen LogP contribution >= 0.6 is 11.8 Å². The van der Waals surface area contributed by atoms with E-state index in [1.165, 1.54) is 18.6 Å². The minimum Gasteiger partial charge on any atom is -0.355 e. The Bertz CT molecular complexity index is 165. The van der Waals surface area contributed by atoms with Crippen LogP contribution in [0.25, 0.3) is 0 Å². The van der Waals surface area contributed by atoms with E-state index in [-0.39, 0.29) is 11.9 Å². The van der Waals surface area contributed by atoms with Gasteiger partial charge in [0.2, 0.25) is 5.91 Å². The average Bonchev–Trinajstić information content (AvgIpc) is 2.23. The van der Waals surface area contributed by atoms with E-state index in [9.17, 15) is 4.79 Å². The average molecular weight is 232 g/mol. The summed E-state index contributed by atoms with van der Waals surface area (Å²) in [5, 5.41) is 2.87. The molecule has 0 aromatic carbocycles. The van der Waals surface area contributed by atoms with Crippen LogP contribution in [0, 0.1) is 0 Å². The molecule has 0 radical (unpaired) electrons. The molecule has 1 amide bonds. The fourth-order valence-corrected chi connectivity index (χ4v) is 1.83. The van der Waals surface area contributed by atoms with Gasteiger partial charge in [-0.2, -0.15) is 11.8 Å². The highest BCUT2D eigenvalue weighted by atomic mass is 32.2. The van der Waals surface area contributed by atoms with Crippen molar-refractivity contribution in [2.75, 3.05) is 18.6 Å². The van der Waals surface area contributed by atoms with Crippen molar-refractivity contribution in [3.05, 3.63) is 0 Å². The Morgan fingerprint density at radius 3 is 2.73 bits per heavy atom. The first-order chi connectivity index (χ1) is 7.22. The highest BCUT2D eigenvalue weighted by Gasteiger charge is 2.10. The first-order valence-electron chi connectivity index (χ1n) is 5.74. The minimum atomic E-state index is -0.318. The molecular formula is C11H24N2OS. The Kier molecular flexibility index (Phi) is 10.2.